The van der Waals surface area contributed by atoms with Gasteiger partial charge < -0.3 is 39.9 Å². The predicted octanol–water partition coefficient (Wildman–Crippen LogP) is 9.17. The quantitative estimate of drug-likeness (QED) is 0.0148. The lowest BCUT2D eigenvalue weighted by atomic mass is 9.85. The Morgan fingerprint density at radius 1 is 0.508 bits per heavy atom. The number of hydrogen-bond donors (Lipinski definition) is 6. The molecule has 0 aromatic carbocycles. The first-order valence-corrected chi connectivity index (χ1v) is 24.9. The summed E-state index contributed by atoms with van der Waals surface area (Å²) in [5, 5.41) is 50.1. The Labute approximate surface area is 367 Å². The Bertz CT molecular complexity index is 1250. The molecule has 14 heteroatoms. The molecule has 61 heavy (non-hydrogen) atoms. The Kier molecular flexibility index (Phi) is 34.7. The van der Waals surface area contributed by atoms with Crippen LogP contribution in [0.5, 0.6) is 0 Å². The molecule has 8 atom stereocenters. The van der Waals surface area contributed by atoms with Gasteiger partial charge in [0.2, 0.25) is 0 Å². The molecule has 1 aliphatic rings. The molecular formula is C47H83O13P. The molecule has 0 radical (unpaired) electrons. The third-order valence-electron chi connectivity index (χ3n) is 10.6. The zero-order chi connectivity index (χ0) is 45.0. The highest BCUT2D eigenvalue weighted by Gasteiger charge is 2.51. The summed E-state index contributed by atoms with van der Waals surface area (Å²) in [6.07, 6.45) is 30.3. The van der Waals surface area contributed by atoms with Gasteiger partial charge in [-0.25, -0.2) is 4.57 Å². The van der Waals surface area contributed by atoms with Gasteiger partial charge in [-0.2, -0.15) is 0 Å². The van der Waals surface area contributed by atoms with Crippen molar-refractivity contribution in [3.8, 4) is 0 Å². The molecule has 13 nitrogen and oxygen atoms in total. The maximum absolute atomic E-state index is 12.8. The second-order valence-electron chi connectivity index (χ2n) is 16.3. The number of allylic oxidation sites excluding steroid dienone is 8. The highest BCUT2D eigenvalue weighted by atomic mass is 31.2. The van der Waals surface area contributed by atoms with Gasteiger partial charge in [-0.15, -0.1) is 0 Å². The molecule has 1 rings (SSSR count). The lowest BCUT2D eigenvalue weighted by Gasteiger charge is -2.41. The monoisotopic (exact) mass is 887 g/mol. The number of aliphatic hydroxyl groups excluding tert-OH is 5. The average molecular weight is 887 g/mol. The molecule has 0 amide bonds. The highest BCUT2D eigenvalue weighted by Crippen LogP contribution is 2.47. The maximum atomic E-state index is 12.8. The van der Waals surface area contributed by atoms with E-state index in [0.29, 0.717) is 19.3 Å². The second-order valence-corrected chi connectivity index (χ2v) is 17.7. The van der Waals surface area contributed by atoms with Gasteiger partial charge >= 0.3 is 19.8 Å². The van der Waals surface area contributed by atoms with Crippen molar-refractivity contribution in [2.24, 2.45) is 0 Å². The summed E-state index contributed by atoms with van der Waals surface area (Å²) in [5.74, 6) is -1.17. The fourth-order valence-corrected chi connectivity index (χ4v) is 7.80. The molecule has 0 aliphatic heterocycles. The van der Waals surface area contributed by atoms with Crippen LogP contribution < -0.4 is 0 Å². The Morgan fingerprint density at radius 2 is 0.902 bits per heavy atom. The first-order chi connectivity index (χ1) is 29.4. The number of ether oxygens (including phenoxy) is 2. The van der Waals surface area contributed by atoms with Crippen molar-refractivity contribution in [2.45, 2.75) is 224 Å². The van der Waals surface area contributed by atoms with Crippen molar-refractivity contribution in [1.29, 1.82) is 0 Å². The summed E-state index contributed by atoms with van der Waals surface area (Å²) < 4.78 is 33.5. The van der Waals surface area contributed by atoms with Crippen molar-refractivity contribution < 1.29 is 63.1 Å². The standard InChI is InChI=1S/C47H83O13P/c1-3-5-7-9-11-13-15-17-19-20-22-23-25-27-29-31-33-35-40(48)57-37-39(38-58-61(55,56)60-47-45(53)43(51)42(50)44(52)46(47)54)59-41(49)36-34-32-30-28-26-24-21-18-16-14-12-10-8-6-4-2/h14,16-17,19,22-23,27,29,39,42-47,50-54H,3-13,15,18,20-21,24-26,28,30-38H2,1-2H3,(H,55,56)/t39-,42?,43-,44?,45?,46?,47?/m1/s1. The van der Waals surface area contributed by atoms with Gasteiger partial charge in [0.05, 0.1) is 6.61 Å². The zero-order valence-corrected chi connectivity index (χ0v) is 38.3. The normalized spacial score (nSPS) is 22.4. The van der Waals surface area contributed by atoms with E-state index in [1.54, 1.807) is 0 Å². The number of carbonyl (C=O) groups is 2. The number of esters is 2. The summed E-state index contributed by atoms with van der Waals surface area (Å²) in [5.41, 5.74) is 0. The van der Waals surface area contributed by atoms with E-state index in [-0.39, 0.29) is 12.8 Å². The van der Waals surface area contributed by atoms with Gasteiger partial charge in [0.25, 0.3) is 0 Å². The van der Waals surface area contributed by atoms with Gasteiger partial charge in [-0.1, -0.05) is 146 Å². The number of phosphoric ester groups is 1. The van der Waals surface area contributed by atoms with E-state index in [1.807, 2.05) is 12.2 Å². The minimum atomic E-state index is -5.13. The van der Waals surface area contributed by atoms with Gasteiger partial charge in [0, 0.05) is 12.8 Å². The minimum absolute atomic E-state index is 0.0802. The highest BCUT2D eigenvalue weighted by molar-refractivity contribution is 7.47. The topological polar surface area (TPSA) is 210 Å². The molecule has 6 unspecified atom stereocenters. The van der Waals surface area contributed by atoms with Crippen LogP contribution in [0, 0.1) is 0 Å². The van der Waals surface area contributed by atoms with Crippen LogP contribution in [0.4, 0.5) is 0 Å². The summed E-state index contributed by atoms with van der Waals surface area (Å²) in [6.45, 7) is 3.23. The van der Waals surface area contributed by atoms with E-state index < -0.39 is 75.7 Å². The summed E-state index contributed by atoms with van der Waals surface area (Å²) in [6, 6.07) is 0. The van der Waals surface area contributed by atoms with E-state index >= 15 is 0 Å². The zero-order valence-electron chi connectivity index (χ0n) is 37.4. The summed E-state index contributed by atoms with van der Waals surface area (Å²) >= 11 is 0. The predicted molar refractivity (Wildman–Crippen MR) is 239 cm³/mol. The van der Waals surface area contributed by atoms with Crippen molar-refractivity contribution in [3.05, 3.63) is 48.6 Å². The van der Waals surface area contributed by atoms with Crippen LogP contribution in [0.15, 0.2) is 48.6 Å². The van der Waals surface area contributed by atoms with Crippen molar-refractivity contribution in [2.75, 3.05) is 13.2 Å². The molecule has 0 heterocycles. The molecule has 0 bridgehead atoms. The van der Waals surface area contributed by atoms with Crippen LogP contribution >= 0.6 is 7.82 Å². The van der Waals surface area contributed by atoms with E-state index in [2.05, 4.69) is 50.3 Å². The fourth-order valence-electron chi connectivity index (χ4n) is 6.83. The molecule has 354 valence electrons. The van der Waals surface area contributed by atoms with Crippen molar-refractivity contribution in [1.82, 2.24) is 0 Å². The largest absolute Gasteiger partial charge is 0.472 e. The summed E-state index contributed by atoms with van der Waals surface area (Å²) in [7, 11) is -5.13. The molecule has 1 fully saturated rings. The van der Waals surface area contributed by atoms with E-state index in [4.69, 9.17) is 18.5 Å². The van der Waals surface area contributed by atoms with Gasteiger partial charge in [0.1, 0.15) is 43.2 Å². The number of rotatable bonds is 38. The van der Waals surface area contributed by atoms with E-state index in [1.165, 1.54) is 70.6 Å². The molecular weight excluding hydrogens is 803 g/mol. The van der Waals surface area contributed by atoms with Crippen LogP contribution in [-0.4, -0.2) is 98.3 Å². The Morgan fingerprint density at radius 3 is 1.43 bits per heavy atom. The average Bonchev–Trinajstić information content (AvgIpc) is 3.24. The molecule has 0 spiro atoms. The molecule has 0 aromatic heterocycles. The van der Waals surface area contributed by atoms with Gasteiger partial charge in [0.15, 0.2) is 6.10 Å². The summed E-state index contributed by atoms with van der Waals surface area (Å²) in [4.78, 5) is 35.7. The third-order valence-corrected chi connectivity index (χ3v) is 11.6. The van der Waals surface area contributed by atoms with Crippen molar-refractivity contribution in [3.63, 3.8) is 0 Å². The van der Waals surface area contributed by atoms with Crippen molar-refractivity contribution >= 4 is 19.8 Å². The Balaban J connectivity index is 2.50. The molecule has 1 aliphatic carbocycles. The molecule has 0 aromatic rings. The van der Waals surface area contributed by atoms with Crippen LogP contribution in [0.3, 0.4) is 0 Å². The van der Waals surface area contributed by atoms with Gasteiger partial charge in [-0.3, -0.25) is 18.6 Å². The van der Waals surface area contributed by atoms with Crippen LogP contribution in [-0.2, 0) is 32.7 Å². The number of carbonyl (C=O) groups excluding carboxylic acids is 2. The fraction of sp³-hybridized carbons (Fsp3) is 0.787. The van der Waals surface area contributed by atoms with Crippen LogP contribution in [0.1, 0.15) is 181 Å². The third kappa shape index (κ3) is 29.7. The number of phosphoric acid groups is 1. The van der Waals surface area contributed by atoms with Crippen LogP contribution in [0.25, 0.3) is 0 Å². The first-order valence-electron chi connectivity index (χ1n) is 23.4. The maximum Gasteiger partial charge on any atom is 0.472 e. The van der Waals surface area contributed by atoms with E-state index in [0.717, 1.165) is 64.2 Å². The second kappa shape index (κ2) is 37.2. The van der Waals surface area contributed by atoms with E-state index in [9.17, 15) is 44.6 Å². The lowest BCUT2D eigenvalue weighted by Crippen LogP contribution is -2.64. The minimum Gasteiger partial charge on any atom is -0.462 e. The lowest BCUT2D eigenvalue weighted by molar-refractivity contribution is -0.220. The first kappa shape index (κ1) is 56.8. The number of aliphatic hydroxyl groups is 5. The molecule has 6 N–H and O–H groups in total. The smallest absolute Gasteiger partial charge is 0.462 e. The number of hydrogen-bond acceptors (Lipinski definition) is 12. The van der Waals surface area contributed by atoms with Gasteiger partial charge in [-0.05, 0) is 70.6 Å². The SMILES string of the molecule is CCCCCCC=CCCCCCCCCCC(=O)O[C@H](COC(=O)CCCC=CCC=CCC=CCCCCCCCC)COP(=O)(O)OC1C(O)C(O)C(O)[C@@H](O)C1O. The number of unbranched alkanes of at least 4 members (excludes halogenated alkanes) is 18. The van der Waals surface area contributed by atoms with Crippen LogP contribution in [0.2, 0.25) is 0 Å². The molecule has 1 saturated carbocycles. The Hall–Kier alpha value is -2.19. The molecule has 0 saturated heterocycles.